The minimum atomic E-state index is -0.316. The summed E-state index contributed by atoms with van der Waals surface area (Å²) in [5, 5.41) is 12.9. The second kappa shape index (κ2) is 4.27. The molecule has 0 saturated carbocycles. The van der Waals surface area contributed by atoms with E-state index in [4.69, 9.17) is 4.74 Å². The summed E-state index contributed by atoms with van der Waals surface area (Å²) < 4.78 is 18.8. The molecule has 0 aliphatic carbocycles. The lowest BCUT2D eigenvalue weighted by atomic mass is 9.95. The minimum Gasteiger partial charge on any atom is -0.508 e. The van der Waals surface area contributed by atoms with Gasteiger partial charge in [0.05, 0.1) is 12.2 Å². The van der Waals surface area contributed by atoms with Gasteiger partial charge in [-0.15, -0.1) is 0 Å². The van der Waals surface area contributed by atoms with Crippen molar-refractivity contribution in [2.24, 2.45) is 0 Å². The van der Waals surface area contributed by atoms with Crippen LogP contribution in [0.15, 0.2) is 18.2 Å². The molecule has 0 radical (unpaired) electrons. The predicted octanol–water partition coefficient (Wildman–Crippen LogP) is 1.94. The molecule has 1 aromatic carbocycles. The summed E-state index contributed by atoms with van der Waals surface area (Å²) in [6, 6.07) is 4.37. The number of aromatic hydroxyl groups is 1. The van der Waals surface area contributed by atoms with Crippen LogP contribution in [-0.2, 0) is 11.3 Å². The molecule has 2 saturated heterocycles. The van der Waals surface area contributed by atoms with Gasteiger partial charge < -0.3 is 15.2 Å². The van der Waals surface area contributed by atoms with Crippen molar-refractivity contribution in [3.05, 3.63) is 29.6 Å². The number of benzene rings is 1. The van der Waals surface area contributed by atoms with Gasteiger partial charge in [-0.3, -0.25) is 0 Å². The van der Waals surface area contributed by atoms with Gasteiger partial charge in [-0.1, -0.05) is 0 Å². The van der Waals surface area contributed by atoms with Crippen LogP contribution in [0.2, 0.25) is 0 Å². The van der Waals surface area contributed by atoms with E-state index in [1.807, 2.05) is 0 Å². The average molecular weight is 237 g/mol. The Morgan fingerprint density at radius 3 is 3.00 bits per heavy atom. The normalized spacial score (nSPS) is 31.0. The monoisotopic (exact) mass is 237 g/mol. The Bertz CT molecular complexity index is 424. The maximum atomic E-state index is 13.0. The lowest BCUT2D eigenvalue weighted by Gasteiger charge is -2.20. The molecule has 2 N–H and O–H groups in total. The van der Waals surface area contributed by atoms with Crippen molar-refractivity contribution in [3.8, 4) is 5.75 Å². The number of phenols is 1. The van der Waals surface area contributed by atoms with E-state index in [2.05, 4.69) is 5.32 Å². The summed E-state index contributed by atoms with van der Waals surface area (Å²) in [5.41, 5.74) is 0.604. The van der Waals surface area contributed by atoms with Gasteiger partial charge in [-0.25, -0.2) is 4.39 Å². The molecule has 0 amide bonds. The Kier molecular flexibility index (Phi) is 2.76. The molecule has 2 bridgehead atoms. The number of fused-ring (bicyclic) bond motifs is 2. The first-order valence-electron chi connectivity index (χ1n) is 6.08. The van der Waals surface area contributed by atoms with Gasteiger partial charge in [0.25, 0.3) is 0 Å². The van der Waals surface area contributed by atoms with Gasteiger partial charge >= 0.3 is 0 Å². The Morgan fingerprint density at radius 2 is 2.29 bits per heavy atom. The van der Waals surface area contributed by atoms with Crippen LogP contribution in [-0.4, -0.2) is 23.4 Å². The Morgan fingerprint density at radius 1 is 1.41 bits per heavy atom. The SMILES string of the molecule is Oc1ccc(F)cc1CNC1CC2CCC1O2. The van der Waals surface area contributed by atoms with Crippen LogP contribution in [0.5, 0.6) is 5.75 Å². The van der Waals surface area contributed by atoms with Gasteiger partial charge in [0.15, 0.2) is 0 Å². The lowest BCUT2D eigenvalue weighted by Crippen LogP contribution is -2.37. The van der Waals surface area contributed by atoms with Crippen molar-refractivity contribution in [2.45, 2.75) is 44.1 Å². The molecule has 0 spiro atoms. The highest BCUT2D eigenvalue weighted by molar-refractivity contribution is 5.32. The van der Waals surface area contributed by atoms with Crippen LogP contribution in [0.1, 0.15) is 24.8 Å². The van der Waals surface area contributed by atoms with Crippen molar-refractivity contribution < 1.29 is 14.2 Å². The van der Waals surface area contributed by atoms with Crippen molar-refractivity contribution in [1.29, 1.82) is 0 Å². The number of phenolic OH excluding ortho intramolecular Hbond substituents is 1. The maximum absolute atomic E-state index is 13.0. The summed E-state index contributed by atoms with van der Waals surface area (Å²) in [6.07, 6.45) is 4.00. The molecule has 17 heavy (non-hydrogen) atoms. The van der Waals surface area contributed by atoms with Crippen molar-refractivity contribution in [2.75, 3.05) is 0 Å². The van der Waals surface area contributed by atoms with Gasteiger partial charge in [0, 0.05) is 18.2 Å². The van der Waals surface area contributed by atoms with Crippen LogP contribution in [0.25, 0.3) is 0 Å². The molecule has 3 atom stereocenters. The molecule has 4 heteroatoms. The summed E-state index contributed by atoms with van der Waals surface area (Å²) >= 11 is 0. The Labute approximate surface area is 99.6 Å². The molecular formula is C13H16FNO2. The van der Waals surface area contributed by atoms with Crippen molar-refractivity contribution in [1.82, 2.24) is 5.32 Å². The van der Waals surface area contributed by atoms with Crippen molar-refractivity contribution in [3.63, 3.8) is 0 Å². The number of halogens is 1. The van der Waals surface area contributed by atoms with Crippen LogP contribution < -0.4 is 5.32 Å². The van der Waals surface area contributed by atoms with E-state index >= 15 is 0 Å². The highest BCUT2D eigenvalue weighted by Gasteiger charge is 2.40. The molecular weight excluding hydrogens is 221 g/mol. The third kappa shape index (κ3) is 2.15. The van der Waals surface area contributed by atoms with E-state index in [0.717, 1.165) is 19.3 Å². The molecule has 2 heterocycles. The number of hydrogen-bond donors (Lipinski definition) is 2. The molecule has 1 aromatic rings. The molecule has 2 aliphatic rings. The molecule has 2 aliphatic heterocycles. The highest BCUT2D eigenvalue weighted by atomic mass is 19.1. The first-order valence-corrected chi connectivity index (χ1v) is 6.08. The minimum absolute atomic E-state index is 0.142. The number of rotatable bonds is 3. The zero-order valence-electron chi connectivity index (χ0n) is 9.53. The van der Waals surface area contributed by atoms with Crippen molar-refractivity contribution >= 4 is 0 Å². The Hall–Kier alpha value is -1.13. The topological polar surface area (TPSA) is 41.5 Å². The third-order valence-corrected chi connectivity index (χ3v) is 3.70. The third-order valence-electron chi connectivity index (χ3n) is 3.70. The van der Waals surface area contributed by atoms with Crippen LogP contribution in [0.3, 0.4) is 0 Å². The first-order chi connectivity index (χ1) is 8.22. The molecule has 3 nitrogen and oxygen atoms in total. The maximum Gasteiger partial charge on any atom is 0.123 e. The second-order valence-electron chi connectivity index (χ2n) is 4.87. The fourth-order valence-corrected chi connectivity index (χ4v) is 2.79. The van der Waals surface area contributed by atoms with E-state index in [-0.39, 0.29) is 11.6 Å². The molecule has 0 aromatic heterocycles. The zero-order chi connectivity index (χ0) is 11.8. The van der Waals surface area contributed by atoms with E-state index in [0.29, 0.717) is 30.4 Å². The van der Waals surface area contributed by atoms with Gasteiger partial charge in [-0.2, -0.15) is 0 Å². The average Bonchev–Trinajstić information content (AvgIpc) is 2.92. The predicted molar refractivity (Wildman–Crippen MR) is 61.2 cm³/mol. The highest BCUT2D eigenvalue weighted by Crippen LogP contribution is 2.34. The largest absolute Gasteiger partial charge is 0.508 e. The summed E-state index contributed by atoms with van der Waals surface area (Å²) in [5.74, 6) is -0.174. The van der Waals surface area contributed by atoms with Gasteiger partial charge in [0.1, 0.15) is 11.6 Å². The van der Waals surface area contributed by atoms with Gasteiger partial charge in [0.2, 0.25) is 0 Å². The molecule has 3 unspecified atom stereocenters. The zero-order valence-corrected chi connectivity index (χ0v) is 9.53. The van der Waals surface area contributed by atoms with Crippen LogP contribution in [0.4, 0.5) is 4.39 Å². The summed E-state index contributed by atoms with van der Waals surface area (Å²) in [6.45, 7) is 0.487. The summed E-state index contributed by atoms with van der Waals surface area (Å²) in [4.78, 5) is 0. The first kappa shape index (κ1) is 11.0. The number of ether oxygens (including phenoxy) is 1. The van der Waals surface area contributed by atoms with Crippen LogP contribution in [0, 0.1) is 5.82 Å². The molecule has 3 rings (SSSR count). The van der Waals surface area contributed by atoms with E-state index in [1.54, 1.807) is 0 Å². The number of nitrogens with one attached hydrogen (secondary N) is 1. The fourth-order valence-electron chi connectivity index (χ4n) is 2.79. The van der Waals surface area contributed by atoms with E-state index in [9.17, 15) is 9.50 Å². The smallest absolute Gasteiger partial charge is 0.123 e. The van der Waals surface area contributed by atoms with Gasteiger partial charge in [-0.05, 0) is 37.5 Å². The van der Waals surface area contributed by atoms with E-state index < -0.39 is 0 Å². The Balaban J connectivity index is 1.62. The molecule has 2 fully saturated rings. The standard InChI is InChI=1S/C13H16FNO2/c14-9-1-3-12(16)8(5-9)7-15-11-6-10-2-4-13(11)17-10/h1,3,5,10-11,13,15-16H,2,4,6-7H2. The summed E-state index contributed by atoms with van der Waals surface area (Å²) in [7, 11) is 0. The second-order valence-corrected chi connectivity index (χ2v) is 4.87. The van der Waals surface area contributed by atoms with E-state index in [1.165, 1.54) is 18.2 Å². The quantitative estimate of drug-likeness (QED) is 0.844. The molecule has 92 valence electrons. The lowest BCUT2D eigenvalue weighted by molar-refractivity contribution is 0.0972. The number of hydrogen-bond acceptors (Lipinski definition) is 3. The van der Waals surface area contributed by atoms with Crippen LogP contribution >= 0.6 is 0 Å². The fraction of sp³-hybridized carbons (Fsp3) is 0.538.